The van der Waals surface area contributed by atoms with E-state index >= 15 is 0 Å². The minimum absolute atomic E-state index is 0.0380. The third kappa shape index (κ3) is 4.28. The van der Waals surface area contributed by atoms with Gasteiger partial charge in [0.2, 0.25) is 0 Å². The quantitative estimate of drug-likeness (QED) is 0.835. The van der Waals surface area contributed by atoms with Gasteiger partial charge in [-0.05, 0) is 18.9 Å². The van der Waals surface area contributed by atoms with Crippen LogP contribution in [0.4, 0.5) is 0 Å². The number of aliphatic hydroxyl groups is 1. The second-order valence-corrected chi connectivity index (χ2v) is 5.29. The molecule has 19 heavy (non-hydrogen) atoms. The van der Waals surface area contributed by atoms with Gasteiger partial charge in [-0.1, -0.05) is 29.8 Å². The van der Waals surface area contributed by atoms with Gasteiger partial charge in [-0.2, -0.15) is 0 Å². The smallest absolute Gasteiger partial charge is 0.0932 e. The standard InChI is InChI=1S/C15H24N2O2/c1-12-3-2-4-13(9-12)15(16)5-6-17-7-8-19-14(10-17)11-18/h2-4,9,14-15,18H,5-8,10-11,16H2,1H3. The highest BCUT2D eigenvalue weighted by Gasteiger charge is 2.20. The summed E-state index contributed by atoms with van der Waals surface area (Å²) < 4.78 is 5.44. The van der Waals surface area contributed by atoms with Crippen molar-refractivity contribution in [2.24, 2.45) is 5.73 Å². The molecule has 2 rings (SSSR count). The number of hydrogen-bond acceptors (Lipinski definition) is 4. The van der Waals surface area contributed by atoms with E-state index in [1.807, 2.05) is 0 Å². The van der Waals surface area contributed by atoms with Crippen LogP contribution in [0, 0.1) is 6.92 Å². The third-order valence-electron chi connectivity index (χ3n) is 3.65. The molecule has 0 aliphatic carbocycles. The Balaban J connectivity index is 1.81. The molecule has 1 aromatic carbocycles. The van der Waals surface area contributed by atoms with Crippen LogP contribution in [0.1, 0.15) is 23.6 Å². The van der Waals surface area contributed by atoms with Crippen LogP contribution in [0.5, 0.6) is 0 Å². The largest absolute Gasteiger partial charge is 0.394 e. The molecule has 3 N–H and O–H groups in total. The molecule has 1 aliphatic rings. The van der Waals surface area contributed by atoms with Gasteiger partial charge in [0.25, 0.3) is 0 Å². The number of nitrogens with zero attached hydrogens (tertiary/aromatic N) is 1. The van der Waals surface area contributed by atoms with E-state index in [4.69, 9.17) is 15.6 Å². The maximum Gasteiger partial charge on any atom is 0.0932 e. The summed E-state index contributed by atoms with van der Waals surface area (Å²) in [4.78, 5) is 2.32. The van der Waals surface area contributed by atoms with Crippen molar-refractivity contribution < 1.29 is 9.84 Å². The van der Waals surface area contributed by atoms with Crippen LogP contribution in [-0.2, 0) is 4.74 Å². The van der Waals surface area contributed by atoms with Crippen LogP contribution in [0.15, 0.2) is 24.3 Å². The number of nitrogens with two attached hydrogens (primary N) is 1. The first-order valence-corrected chi connectivity index (χ1v) is 6.96. The van der Waals surface area contributed by atoms with Crippen LogP contribution in [-0.4, -0.2) is 49.0 Å². The van der Waals surface area contributed by atoms with Crippen LogP contribution in [0.2, 0.25) is 0 Å². The number of benzene rings is 1. The average molecular weight is 264 g/mol. The Hall–Kier alpha value is -0.940. The Bertz CT molecular complexity index is 397. The predicted octanol–water partition coefficient (Wildman–Crippen LogP) is 1.08. The molecule has 1 heterocycles. The summed E-state index contributed by atoms with van der Waals surface area (Å²) in [6.45, 7) is 5.57. The number of morpholine rings is 1. The van der Waals surface area contributed by atoms with Crippen LogP contribution in [0.3, 0.4) is 0 Å². The maximum atomic E-state index is 9.12. The van der Waals surface area contributed by atoms with Crippen molar-refractivity contribution in [1.82, 2.24) is 4.90 Å². The minimum atomic E-state index is -0.0380. The van der Waals surface area contributed by atoms with Crippen LogP contribution in [0.25, 0.3) is 0 Å². The molecule has 4 heteroatoms. The van der Waals surface area contributed by atoms with Crippen molar-refractivity contribution in [3.8, 4) is 0 Å². The van der Waals surface area contributed by atoms with Gasteiger partial charge >= 0.3 is 0 Å². The lowest BCUT2D eigenvalue weighted by molar-refractivity contribution is -0.0531. The van der Waals surface area contributed by atoms with E-state index in [2.05, 4.69) is 36.1 Å². The number of hydrogen-bond donors (Lipinski definition) is 2. The number of rotatable bonds is 5. The van der Waals surface area contributed by atoms with Crippen molar-refractivity contribution in [3.05, 3.63) is 35.4 Å². The van der Waals surface area contributed by atoms with E-state index in [0.29, 0.717) is 6.61 Å². The summed E-state index contributed by atoms with van der Waals surface area (Å²) in [5, 5.41) is 9.12. The molecular formula is C15H24N2O2. The van der Waals surface area contributed by atoms with E-state index in [-0.39, 0.29) is 18.8 Å². The Morgan fingerprint density at radius 1 is 1.53 bits per heavy atom. The van der Waals surface area contributed by atoms with Crippen molar-refractivity contribution in [2.45, 2.75) is 25.5 Å². The summed E-state index contributed by atoms with van der Waals surface area (Å²) in [5.41, 5.74) is 8.69. The molecular weight excluding hydrogens is 240 g/mol. The highest BCUT2D eigenvalue weighted by atomic mass is 16.5. The summed E-state index contributed by atoms with van der Waals surface area (Å²) in [7, 11) is 0. The van der Waals surface area contributed by atoms with Crippen molar-refractivity contribution in [1.29, 1.82) is 0 Å². The van der Waals surface area contributed by atoms with E-state index < -0.39 is 0 Å². The van der Waals surface area contributed by atoms with E-state index in [1.165, 1.54) is 11.1 Å². The molecule has 0 aromatic heterocycles. The van der Waals surface area contributed by atoms with Gasteiger partial charge in [-0.15, -0.1) is 0 Å². The molecule has 0 radical (unpaired) electrons. The highest BCUT2D eigenvalue weighted by molar-refractivity contribution is 5.24. The zero-order valence-corrected chi connectivity index (χ0v) is 11.6. The monoisotopic (exact) mass is 264 g/mol. The first-order chi connectivity index (χ1) is 9.19. The Labute approximate surface area is 115 Å². The summed E-state index contributed by atoms with van der Waals surface area (Å²) in [5.74, 6) is 0. The third-order valence-corrected chi connectivity index (χ3v) is 3.65. The zero-order chi connectivity index (χ0) is 13.7. The van der Waals surface area contributed by atoms with Gasteiger partial charge in [0.05, 0.1) is 19.3 Å². The predicted molar refractivity (Wildman–Crippen MR) is 76.0 cm³/mol. The second kappa shape index (κ2) is 7.01. The van der Waals surface area contributed by atoms with Crippen LogP contribution >= 0.6 is 0 Å². The number of aryl methyl sites for hydroxylation is 1. The molecule has 1 aliphatic heterocycles. The fourth-order valence-electron chi connectivity index (χ4n) is 2.48. The van der Waals surface area contributed by atoms with Gasteiger partial charge < -0.3 is 15.6 Å². The van der Waals surface area contributed by atoms with Gasteiger partial charge in [0.15, 0.2) is 0 Å². The minimum Gasteiger partial charge on any atom is -0.394 e. The van der Waals surface area contributed by atoms with Gasteiger partial charge in [0, 0.05) is 25.7 Å². The number of aliphatic hydroxyl groups excluding tert-OH is 1. The molecule has 0 spiro atoms. The first kappa shape index (κ1) is 14.5. The second-order valence-electron chi connectivity index (χ2n) is 5.29. The molecule has 106 valence electrons. The summed E-state index contributed by atoms with van der Waals surface area (Å²) in [6, 6.07) is 8.47. The van der Waals surface area contributed by atoms with E-state index in [9.17, 15) is 0 Å². The van der Waals surface area contributed by atoms with Gasteiger partial charge in [0.1, 0.15) is 0 Å². The van der Waals surface area contributed by atoms with Crippen molar-refractivity contribution >= 4 is 0 Å². The molecule has 1 aromatic rings. The Kier molecular flexibility index (Phi) is 5.34. The lowest BCUT2D eigenvalue weighted by atomic mass is 10.0. The normalized spacial score (nSPS) is 22.4. The Morgan fingerprint density at radius 3 is 3.11 bits per heavy atom. The fourth-order valence-corrected chi connectivity index (χ4v) is 2.48. The summed E-state index contributed by atoms with van der Waals surface area (Å²) >= 11 is 0. The lowest BCUT2D eigenvalue weighted by Crippen LogP contribution is -2.44. The van der Waals surface area contributed by atoms with E-state index in [1.54, 1.807) is 0 Å². The zero-order valence-electron chi connectivity index (χ0n) is 11.6. The Morgan fingerprint density at radius 2 is 2.37 bits per heavy atom. The SMILES string of the molecule is Cc1cccc(C(N)CCN2CCOC(CO)C2)c1. The average Bonchev–Trinajstić information content (AvgIpc) is 2.45. The highest BCUT2D eigenvalue weighted by Crippen LogP contribution is 2.16. The molecule has 0 amide bonds. The molecule has 0 bridgehead atoms. The number of ether oxygens (including phenoxy) is 1. The molecule has 1 saturated heterocycles. The van der Waals surface area contributed by atoms with E-state index in [0.717, 1.165) is 26.1 Å². The van der Waals surface area contributed by atoms with Gasteiger partial charge in [-0.25, -0.2) is 0 Å². The first-order valence-electron chi connectivity index (χ1n) is 6.96. The summed E-state index contributed by atoms with van der Waals surface area (Å²) in [6.07, 6.45) is 0.894. The van der Waals surface area contributed by atoms with Crippen molar-refractivity contribution in [3.63, 3.8) is 0 Å². The maximum absolute atomic E-state index is 9.12. The lowest BCUT2D eigenvalue weighted by Gasteiger charge is -2.32. The fraction of sp³-hybridized carbons (Fsp3) is 0.600. The molecule has 4 nitrogen and oxygen atoms in total. The molecule has 1 fully saturated rings. The molecule has 0 saturated carbocycles. The topological polar surface area (TPSA) is 58.7 Å². The van der Waals surface area contributed by atoms with Gasteiger partial charge in [-0.3, -0.25) is 4.90 Å². The van der Waals surface area contributed by atoms with Crippen molar-refractivity contribution in [2.75, 3.05) is 32.8 Å². The molecule has 2 atom stereocenters. The molecule has 2 unspecified atom stereocenters. The van der Waals surface area contributed by atoms with Crippen LogP contribution < -0.4 is 5.73 Å².